The molecule has 7 heteroatoms. The van der Waals surface area contributed by atoms with E-state index in [1.54, 1.807) is 6.20 Å². The van der Waals surface area contributed by atoms with Gasteiger partial charge in [0.2, 0.25) is 5.95 Å². The second kappa shape index (κ2) is 5.49. The largest absolute Gasteiger partial charge is 0.331 e. The molecule has 0 aliphatic carbocycles. The van der Waals surface area contributed by atoms with Crippen molar-refractivity contribution in [2.45, 2.75) is 6.54 Å². The number of hydrogen-bond acceptors (Lipinski definition) is 3. The normalized spacial score (nSPS) is 10.5. The molecule has 3 rings (SSSR count). The van der Waals surface area contributed by atoms with Crippen LogP contribution in [-0.4, -0.2) is 25.4 Å². The average Bonchev–Trinajstić information content (AvgIpc) is 3.11. The van der Waals surface area contributed by atoms with Crippen molar-refractivity contribution in [3.05, 3.63) is 70.7 Å². The van der Waals surface area contributed by atoms with Gasteiger partial charge in [0.1, 0.15) is 5.69 Å². The lowest BCUT2D eigenvalue weighted by atomic mass is 10.2. The zero-order valence-electron chi connectivity index (χ0n) is 11.0. The number of carbonyl (C=O) groups is 1. The van der Waals surface area contributed by atoms with Crippen LogP contribution >= 0.6 is 0 Å². The molecule has 3 N–H and O–H groups in total. The Morgan fingerprint density at radius 1 is 1.24 bits per heavy atom. The van der Waals surface area contributed by atoms with Crippen LogP contribution in [0.25, 0.3) is 0 Å². The number of rotatable bonds is 4. The molecule has 0 aliphatic heterocycles. The summed E-state index contributed by atoms with van der Waals surface area (Å²) in [6, 6.07) is 9.46. The maximum atomic E-state index is 12.2. The van der Waals surface area contributed by atoms with Crippen molar-refractivity contribution in [2.24, 2.45) is 0 Å². The fourth-order valence-electron chi connectivity index (χ4n) is 2.01. The third-order valence-corrected chi connectivity index (χ3v) is 3.01. The summed E-state index contributed by atoms with van der Waals surface area (Å²) in [5.74, 6) is -0.0702. The number of carbonyl (C=O) groups excluding carboxylic acids is 1. The van der Waals surface area contributed by atoms with Crippen LogP contribution in [0.4, 0.5) is 5.95 Å². The number of nitrogens with zero attached hydrogens (tertiary/aromatic N) is 2. The van der Waals surface area contributed by atoms with Crippen LogP contribution in [0.1, 0.15) is 16.1 Å². The van der Waals surface area contributed by atoms with Crippen LogP contribution in [0.15, 0.2) is 53.7 Å². The topological polar surface area (TPSA) is 95.6 Å². The summed E-state index contributed by atoms with van der Waals surface area (Å²) in [7, 11) is 0. The predicted octanol–water partition coefficient (Wildman–Crippen LogP) is 1.20. The monoisotopic (exact) mass is 283 g/mol. The Morgan fingerprint density at radius 3 is 2.76 bits per heavy atom. The van der Waals surface area contributed by atoms with E-state index in [2.05, 4.69) is 20.3 Å². The third-order valence-electron chi connectivity index (χ3n) is 3.01. The fraction of sp³-hybridized carbons (Fsp3) is 0.0714. The molecule has 0 spiro atoms. The van der Waals surface area contributed by atoms with Gasteiger partial charge in [-0.1, -0.05) is 30.3 Å². The first-order chi connectivity index (χ1) is 10.2. The second-order valence-electron chi connectivity index (χ2n) is 4.44. The molecule has 0 aliphatic rings. The minimum absolute atomic E-state index is 0.250. The van der Waals surface area contributed by atoms with E-state index in [4.69, 9.17) is 0 Å². The van der Waals surface area contributed by atoms with Crippen molar-refractivity contribution in [3.8, 4) is 0 Å². The molecular weight excluding hydrogens is 270 g/mol. The van der Waals surface area contributed by atoms with Gasteiger partial charge in [-0.15, -0.1) is 0 Å². The van der Waals surface area contributed by atoms with Gasteiger partial charge >= 0.3 is 5.69 Å². The van der Waals surface area contributed by atoms with E-state index in [1.165, 1.54) is 17.0 Å². The van der Waals surface area contributed by atoms with Crippen molar-refractivity contribution >= 4 is 11.9 Å². The Morgan fingerprint density at radius 2 is 2.05 bits per heavy atom. The Bertz CT molecular complexity index is 786. The lowest BCUT2D eigenvalue weighted by molar-refractivity contribution is 0.101. The van der Waals surface area contributed by atoms with Crippen LogP contribution in [0.2, 0.25) is 0 Å². The number of hydrogen-bond donors (Lipinski definition) is 3. The second-order valence-corrected chi connectivity index (χ2v) is 4.44. The standard InChI is InChI=1S/C14H13N5O2/c20-12(18-13-15-6-7-16-13)11-8-17-14(21)19(11)9-10-4-2-1-3-5-10/h1-8H,9H2,(H,17,21)(H2,15,16,18,20). The van der Waals surface area contributed by atoms with Gasteiger partial charge in [-0.3, -0.25) is 14.7 Å². The van der Waals surface area contributed by atoms with E-state index in [9.17, 15) is 9.59 Å². The van der Waals surface area contributed by atoms with E-state index < -0.39 is 5.91 Å². The van der Waals surface area contributed by atoms with Crippen molar-refractivity contribution < 1.29 is 4.79 Å². The van der Waals surface area contributed by atoms with Crippen LogP contribution in [0.3, 0.4) is 0 Å². The maximum Gasteiger partial charge on any atom is 0.326 e. The number of aromatic amines is 2. The van der Waals surface area contributed by atoms with Crippen molar-refractivity contribution in [3.63, 3.8) is 0 Å². The molecule has 7 nitrogen and oxygen atoms in total. The third kappa shape index (κ3) is 2.76. The molecular formula is C14H13N5O2. The number of H-pyrrole nitrogens is 2. The van der Waals surface area contributed by atoms with Gasteiger partial charge in [-0.25, -0.2) is 9.78 Å². The van der Waals surface area contributed by atoms with Gasteiger partial charge in [0, 0.05) is 18.6 Å². The summed E-state index contributed by atoms with van der Waals surface area (Å²) in [6.07, 6.45) is 4.52. The summed E-state index contributed by atoms with van der Waals surface area (Å²) in [5, 5.41) is 2.59. The fourth-order valence-corrected chi connectivity index (χ4v) is 2.01. The molecule has 0 saturated heterocycles. The minimum atomic E-state index is -0.403. The smallest absolute Gasteiger partial charge is 0.326 e. The molecule has 0 bridgehead atoms. The van der Waals surface area contributed by atoms with Crippen LogP contribution in [0.5, 0.6) is 0 Å². The Balaban J connectivity index is 1.86. The number of anilines is 1. The molecule has 1 amide bonds. The van der Waals surface area contributed by atoms with Gasteiger partial charge in [0.05, 0.1) is 6.54 Å². The zero-order valence-corrected chi connectivity index (χ0v) is 11.0. The van der Waals surface area contributed by atoms with E-state index in [0.717, 1.165) is 5.56 Å². The van der Waals surface area contributed by atoms with Gasteiger partial charge in [0.15, 0.2) is 0 Å². The zero-order chi connectivity index (χ0) is 14.7. The molecule has 3 aromatic rings. The van der Waals surface area contributed by atoms with Gasteiger partial charge in [-0.05, 0) is 5.56 Å². The van der Waals surface area contributed by atoms with Crippen molar-refractivity contribution in [1.29, 1.82) is 0 Å². The highest BCUT2D eigenvalue weighted by atomic mass is 16.2. The minimum Gasteiger partial charge on any atom is -0.331 e. The maximum absolute atomic E-state index is 12.2. The average molecular weight is 283 g/mol. The number of benzene rings is 1. The molecule has 0 saturated carbocycles. The number of aromatic nitrogens is 4. The Kier molecular flexibility index (Phi) is 3.38. The first-order valence-electron chi connectivity index (χ1n) is 6.37. The first-order valence-corrected chi connectivity index (χ1v) is 6.37. The SMILES string of the molecule is O=C(Nc1ncc[nH]1)c1c[nH]c(=O)n1Cc1ccccc1. The molecule has 0 fully saturated rings. The molecule has 21 heavy (non-hydrogen) atoms. The summed E-state index contributed by atoms with van der Waals surface area (Å²) in [6.45, 7) is 0.323. The molecule has 1 aromatic carbocycles. The van der Waals surface area contributed by atoms with Gasteiger partial charge in [0.25, 0.3) is 5.91 Å². The van der Waals surface area contributed by atoms with E-state index in [1.807, 2.05) is 30.3 Å². The molecule has 106 valence electrons. The number of amides is 1. The van der Waals surface area contributed by atoms with Crippen molar-refractivity contribution in [2.75, 3.05) is 5.32 Å². The predicted molar refractivity (Wildman–Crippen MR) is 77.1 cm³/mol. The summed E-state index contributed by atoms with van der Waals surface area (Å²) in [4.78, 5) is 33.3. The lowest BCUT2D eigenvalue weighted by Gasteiger charge is -2.07. The summed E-state index contributed by atoms with van der Waals surface area (Å²) < 4.78 is 1.38. The highest BCUT2D eigenvalue weighted by Gasteiger charge is 2.15. The summed E-state index contributed by atoms with van der Waals surface area (Å²) >= 11 is 0. The first kappa shape index (κ1) is 12.9. The van der Waals surface area contributed by atoms with Gasteiger partial charge < -0.3 is 9.97 Å². The van der Waals surface area contributed by atoms with Gasteiger partial charge in [-0.2, -0.15) is 0 Å². The Labute approximate surface area is 119 Å². The molecule has 0 unspecified atom stereocenters. The van der Waals surface area contributed by atoms with Crippen LogP contribution in [0, 0.1) is 0 Å². The van der Waals surface area contributed by atoms with E-state index >= 15 is 0 Å². The van der Waals surface area contributed by atoms with E-state index in [-0.39, 0.29) is 11.4 Å². The summed E-state index contributed by atoms with van der Waals surface area (Å²) in [5.41, 5.74) is 0.856. The Hall–Kier alpha value is -3.09. The molecule has 0 radical (unpaired) electrons. The quantitative estimate of drug-likeness (QED) is 0.671. The highest BCUT2D eigenvalue weighted by Crippen LogP contribution is 2.06. The van der Waals surface area contributed by atoms with Crippen molar-refractivity contribution in [1.82, 2.24) is 19.5 Å². The van der Waals surface area contributed by atoms with Crippen LogP contribution in [-0.2, 0) is 6.54 Å². The molecule has 0 atom stereocenters. The lowest BCUT2D eigenvalue weighted by Crippen LogP contribution is -2.24. The number of imidazole rings is 2. The highest BCUT2D eigenvalue weighted by molar-refractivity contribution is 6.01. The number of nitrogens with one attached hydrogen (secondary N) is 3. The molecule has 2 aromatic heterocycles. The van der Waals surface area contributed by atoms with Crippen LogP contribution < -0.4 is 11.0 Å². The molecule has 2 heterocycles. The van der Waals surface area contributed by atoms with E-state index in [0.29, 0.717) is 12.5 Å².